The molecule has 0 unspecified atom stereocenters. The molecule has 5 atom stereocenters. The number of fused-ring (bicyclic) bond motifs is 4. The van der Waals surface area contributed by atoms with Gasteiger partial charge in [-0.15, -0.1) is 0 Å². The molecular weight excluding hydrogens is 292 g/mol. The lowest BCUT2D eigenvalue weighted by atomic mass is 9.82. The van der Waals surface area contributed by atoms with Gasteiger partial charge in [-0.25, -0.2) is 4.79 Å². The van der Waals surface area contributed by atoms with Crippen LogP contribution in [0.2, 0.25) is 0 Å². The fraction of sp³-hybridized carbons (Fsp3) is 0.933. The normalized spacial score (nSPS) is 49.2. The monoisotopic (exact) mass is 314 g/mol. The molecule has 0 aromatic heterocycles. The summed E-state index contributed by atoms with van der Waals surface area (Å²) in [6.07, 6.45) is 2.46. The van der Waals surface area contributed by atoms with E-state index in [-0.39, 0.29) is 18.9 Å². The third-order valence-corrected chi connectivity index (χ3v) is 5.62. The van der Waals surface area contributed by atoms with Gasteiger partial charge in [0.1, 0.15) is 12.2 Å². The molecule has 0 aromatic carbocycles. The highest BCUT2D eigenvalue weighted by Gasteiger charge is 2.69. The highest BCUT2D eigenvalue weighted by Crippen LogP contribution is 2.54. The summed E-state index contributed by atoms with van der Waals surface area (Å²) in [6, 6.07) is 0. The van der Waals surface area contributed by atoms with Crippen LogP contribution in [0.25, 0.3) is 0 Å². The van der Waals surface area contributed by atoms with Crippen LogP contribution >= 0.6 is 0 Å². The molecule has 0 aromatic rings. The molecule has 1 N–H and O–H groups in total. The van der Waals surface area contributed by atoms with E-state index in [0.29, 0.717) is 12.8 Å². The molecule has 2 aliphatic heterocycles. The minimum Gasteiger partial charge on any atom is -0.457 e. The van der Waals surface area contributed by atoms with E-state index in [4.69, 9.17) is 23.7 Å². The lowest BCUT2D eigenvalue weighted by Crippen LogP contribution is -2.60. The number of carbonyl (C=O) groups excluding carboxylic acids is 1. The molecule has 0 amide bonds. The minimum absolute atomic E-state index is 0.193. The van der Waals surface area contributed by atoms with Crippen LogP contribution in [0.3, 0.4) is 0 Å². The number of hydrogen-bond acceptors (Lipinski definition) is 7. The summed E-state index contributed by atoms with van der Waals surface area (Å²) in [6.45, 7) is 0. The molecule has 2 heterocycles. The first kappa shape index (κ1) is 14.8. The van der Waals surface area contributed by atoms with Crippen LogP contribution in [-0.2, 0) is 28.5 Å². The van der Waals surface area contributed by atoms with Crippen molar-refractivity contribution in [3.63, 3.8) is 0 Å². The largest absolute Gasteiger partial charge is 0.457 e. The summed E-state index contributed by atoms with van der Waals surface area (Å²) in [5.74, 6) is -2.53. The zero-order valence-corrected chi connectivity index (χ0v) is 12.9. The summed E-state index contributed by atoms with van der Waals surface area (Å²) < 4.78 is 29.1. The number of carbonyl (C=O) groups is 1. The molecule has 124 valence electrons. The number of hydrogen-bond donors (Lipinski definition) is 1. The Bertz CT molecular complexity index is 490. The first-order valence-corrected chi connectivity index (χ1v) is 7.87. The van der Waals surface area contributed by atoms with Crippen molar-refractivity contribution in [1.82, 2.24) is 0 Å². The predicted octanol–water partition coefficient (Wildman–Crippen LogP) is 0.480. The number of esters is 1. The van der Waals surface area contributed by atoms with Crippen molar-refractivity contribution in [3.05, 3.63) is 0 Å². The van der Waals surface area contributed by atoms with Crippen LogP contribution in [-0.4, -0.2) is 60.8 Å². The van der Waals surface area contributed by atoms with Gasteiger partial charge in [0, 0.05) is 39.9 Å². The third-order valence-electron chi connectivity index (χ3n) is 5.62. The Morgan fingerprint density at radius 2 is 1.77 bits per heavy atom. The van der Waals surface area contributed by atoms with Gasteiger partial charge in [-0.1, -0.05) is 0 Å². The van der Waals surface area contributed by atoms with Gasteiger partial charge in [0.25, 0.3) is 0 Å². The first-order valence-electron chi connectivity index (χ1n) is 7.87. The van der Waals surface area contributed by atoms with Gasteiger partial charge in [-0.3, -0.25) is 0 Å². The molecule has 1 spiro atoms. The zero-order valence-electron chi connectivity index (χ0n) is 12.9. The van der Waals surface area contributed by atoms with E-state index in [9.17, 15) is 9.90 Å². The Balaban J connectivity index is 1.66. The van der Waals surface area contributed by atoms with E-state index < -0.39 is 35.4 Å². The fourth-order valence-electron chi connectivity index (χ4n) is 4.49. The van der Waals surface area contributed by atoms with Gasteiger partial charge in [-0.2, -0.15) is 0 Å². The topological polar surface area (TPSA) is 83.5 Å². The number of rotatable bonds is 2. The maximum atomic E-state index is 11.8. The smallest absolute Gasteiger partial charge is 0.338 e. The highest BCUT2D eigenvalue weighted by atomic mass is 16.8. The first-order chi connectivity index (χ1) is 10.5. The summed E-state index contributed by atoms with van der Waals surface area (Å²) in [7, 11) is 3.18. The molecule has 7 heteroatoms. The zero-order chi connectivity index (χ0) is 15.6. The van der Waals surface area contributed by atoms with Crippen LogP contribution in [0.15, 0.2) is 0 Å². The van der Waals surface area contributed by atoms with Crippen LogP contribution in [0.5, 0.6) is 0 Å². The van der Waals surface area contributed by atoms with E-state index in [0.717, 1.165) is 12.8 Å². The third kappa shape index (κ3) is 1.71. The van der Waals surface area contributed by atoms with Gasteiger partial charge in [0.05, 0.1) is 6.10 Å². The number of ether oxygens (including phenoxy) is 5. The standard InChI is InChI=1S/C15H22O7/c1-18-14(19-2)5-3-4-6-15(14)21-10-8-13(17)7-9(11(10)22-15)20-12(13)16/h9-11,17H,3-8H2,1-2H3/t9-,10-,11+,13-,15+/m1/s1. The predicted molar refractivity (Wildman–Crippen MR) is 71.8 cm³/mol. The van der Waals surface area contributed by atoms with E-state index in [1.807, 2.05) is 0 Å². The van der Waals surface area contributed by atoms with Crippen LogP contribution in [0.1, 0.15) is 38.5 Å². The van der Waals surface area contributed by atoms with E-state index >= 15 is 0 Å². The fourth-order valence-corrected chi connectivity index (χ4v) is 4.49. The number of methoxy groups -OCH3 is 2. The lowest BCUT2D eigenvalue weighted by molar-refractivity contribution is -0.388. The Morgan fingerprint density at radius 1 is 1.09 bits per heavy atom. The maximum Gasteiger partial charge on any atom is 0.338 e. The van der Waals surface area contributed by atoms with Crippen molar-refractivity contribution in [2.75, 3.05) is 14.2 Å². The summed E-state index contributed by atoms with van der Waals surface area (Å²) in [5.41, 5.74) is -1.45. The van der Waals surface area contributed by atoms with Crippen LogP contribution in [0.4, 0.5) is 0 Å². The molecular formula is C15H22O7. The van der Waals surface area contributed by atoms with Crippen LogP contribution in [0, 0.1) is 0 Å². The van der Waals surface area contributed by atoms with Crippen molar-refractivity contribution in [2.45, 2.75) is 74.0 Å². The molecule has 4 fully saturated rings. The van der Waals surface area contributed by atoms with Crippen molar-refractivity contribution < 1.29 is 33.6 Å². The summed E-state index contributed by atoms with van der Waals surface area (Å²) in [4.78, 5) is 11.8. The van der Waals surface area contributed by atoms with Gasteiger partial charge in [0.2, 0.25) is 11.6 Å². The molecule has 2 bridgehead atoms. The van der Waals surface area contributed by atoms with Crippen molar-refractivity contribution >= 4 is 5.97 Å². The van der Waals surface area contributed by atoms with Gasteiger partial charge in [0.15, 0.2) is 5.60 Å². The molecule has 4 aliphatic rings. The quantitative estimate of drug-likeness (QED) is 0.586. The summed E-state index contributed by atoms with van der Waals surface area (Å²) in [5, 5.41) is 10.4. The Kier molecular flexibility index (Phi) is 3.13. The molecule has 22 heavy (non-hydrogen) atoms. The molecule has 4 rings (SSSR count). The van der Waals surface area contributed by atoms with Crippen molar-refractivity contribution in [2.24, 2.45) is 0 Å². The Hall–Kier alpha value is -0.730. The van der Waals surface area contributed by atoms with E-state index in [1.165, 1.54) is 0 Å². The average molecular weight is 314 g/mol. The number of aliphatic hydroxyl groups is 1. The van der Waals surface area contributed by atoms with Gasteiger partial charge in [-0.05, 0) is 12.8 Å². The second kappa shape index (κ2) is 4.64. The molecule has 0 radical (unpaired) electrons. The van der Waals surface area contributed by atoms with E-state index in [2.05, 4.69) is 0 Å². The molecule has 2 saturated heterocycles. The van der Waals surface area contributed by atoms with E-state index in [1.54, 1.807) is 14.2 Å². The van der Waals surface area contributed by atoms with Crippen molar-refractivity contribution in [1.29, 1.82) is 0 Å². The second-order valence-corrected chi connectivity index (χ2v) is 6.74. The van der Waals surface area contributed by atoms with Gasteiger partial charge < -0.3 is 28.8 Å². The van der Waals surface area contributed by atoms with Crippen LogP contribution < -0.4 is 0 Å². The molecule has 2 saturated carbocycles. The average Bonchev–Trinajstić information content (AvgIpc) is 2.98. The Labute approximate surface area is 128 Å². The second-order valence-electron chi connectivity index (χ2n) is 6.74. The SMILES string of the molecule is COC1(OC)CCCC[C@]12O[C@H]1[C@H]3C[C@@](O)(C[C@H]1O2)C(=O)O3. The van der Waals surface area contributed by atoms with Crippen molar-refractivity contribution in [3.8, 4) is 0 Å². The lowest BCUT2D eigenvalue weighted by Gasteiger charge is -2.47. The Morgan fingerprint density at radius 3 is 2.50 bits per heavy atom. The molecule has 2 aliphatic carbocycles. The molecule has 7 nitrogen and oxygen atoms in total. The highest BCUT2D eigenvalue weighted by molar-refractivity contribution is 5.82. The maximum absolute atomic E-state index is 11.8. The minimum atomic E-state index is -1.45. The van der Waals surface area contributed by atoms with Gasteiger partial charge >= 0.3 is 5.97 Å². The summed E-state index contributed by atoms with van der Waals surface area (Å²) >= 11 is 0.